The highest BCUT2D eigenvalue weighted by atomic mass is 16.7. The molecule has 1 fully saturated rings. The smallest absolute Gasteiger partial charge is 0.253 e. The fraction of sp³-hybridized carbons (Fsp3) is 0.600. The summed E-state index contributed by atoms with van der Waals surface area (Å²) in [5.74, 6) is 0. The molecule has 2 rings (SSSR count). The zero-order chi connectivity index (χ0) is 10.5. The van der Waals surface area contributed by atoms with E-state index in [2.05, 4.69) is 4.98 Å². The summed E-state index contributed by atoms with van der Waals surface area (Å²) in [5.41, 5.74) is -0.0409. The Labute approximate surface area is 87.7 Å². The monoisotopic (exact) mass is 210 g/mol. The van der Waals surface area contributed by atoms with Gasteiger partial charge in [0.15, 0.2) is 6.29 Å². The quantitative estimate of drug-likeness (QED) is 0.724. The molecule has 1 aliphatic heterocycles. The van der Waals surface area contributed by atoms with Crippen LogP contribution in [0, 0.1) is 0 Å². The molecule has 0 amide bonds. The summed E-state index contributed by atoms with van der Waals surface area (Å²) < 4.78 is 12.3. The molecule has 5 heteroatoms. The van der Waals surface area contributed by atoms with Gasteiger partial charge >= 0.3 is 0 Å². The molecular weight excluding hydrogens is 196 g/mol. The van der Waals surface area contributed by atoms with Crippen LogP contribution in [0.25, 0.3) is 0 Å². The first-order chi connectivity index (χ1) is 7.36. The maximum Gasteiger partial charge on any atom is 0.253 e. The van der Waals surface area contributed by atoms with E-state index >= 15 is 0 Å². The molecule has 0 aliphatic carbocycles. The number of hydrogen-bond acceptors (Lipinski definition) is 4. The van der Waals surface area contributed by atoms with Crippen LogP contribution in [0.3, 0.4) is 0 Å². The summed E-state index contributed by atoms with van der Waals surface area (Å²) in [4.78, 5) is 15.2. The molecule has 0 aromatic carbocycles. The van der Waals surface area contributed by atoms with E-state index in [1.165, 1.54) is 18.6 Å². The average molecular weight is 210 g/mol. The van der Waals surface area contributed by atoms with Gasteiger partial charge in [-0.1, -0.05) is 0 Å². The van der Waals surface area contributed by atoms with E-state index in [9.17, 15) is 4.79 Å². The highest BCUT2D eigenvalue weighted by Gasteiger charge is 2.13. The van der Waals surface area contributed by atoms with E-state index in [4.69, 9.17) is 9.47 Å². The lowest BCUT2D eigenvalue weighted by molar-refractivity contribution is -0.182. The number of rotatable bonds is 3. The lowest BCUT2D eigenvalue weighted by Crippen LogP contribution is -2.28. The van der Waals surface area contributed by atoms with Crippen molar-refractivity contribution in [3.63, 3.8) is 0 Å². The molecule has 0 spiro atoms. The molecule has 1 aromatic heterocycles. The zero-order valence-corrected chi connectivity index (χ0v) is 8.46. The molecule has 1 saturated heterocycles. The fourth-order valence-electron chi connectivity index (χ4n) is 1.49. The molecule has 0 unspecified atom stereocenters. The van der Waals surface area contributed by atoms with Gasteiger partial charge in [0.25, 0.3) is 5.56 Å². The van der Waals surface area contributed by atoms with Crippen molar-refractivity contribution in [3.05, 3.63) is 28.9 Å². The van der Waals surface area contributed by atoms with E-state index in [0.29, 0.717) is 13.0 Å². The minimum absolute atomic E-state index is 0.0409. The number of hydrogen-bond donors (Lipinski definition) is 0. The maximum absolute atomic E-state index is 11.3. The van der Waals surface area contributed by atoms with E-state index < -0.39 is 0 Å². The SMILES string of the molecule is O=c1ccncn1CCC1OCCCO1. The number of aryl methyl sites for hydroxylation is 1. The van der Waals surface area contributed by atoms with E-state index in [1.54, 1.807) is 4.57 Å². The highest BCUT2D eigenvalue weighted by Crippen LogP contribution is 2.08. The Morgan fingerprint density at radius 3 is 3.00 bits per heavy atom. The van der Waals surface area contributed by atoms with Crippen LogP contribution in [0.1, 0.15) is 12.8 Å². The molecule has 0 bridgehead atoms. The number of aromatic nitrogens is 2. The first kappa shape index (κ1) is 10.3. The average Bonchev–Trinajstić information content (AvgIpc) is 2.29. The first-order valence-electron chi connectivity index (χ1n) is 5.10. The molecule has 5 nitrogen and oxygen atoms in total. The third-order valence-electron chi connectivity index (χ3n) is 2.29. The van der Waals surface area contributed by atoms with Gasteiger partial charge in [-0.25, -0.2) is 4.98 Å². The van der Waals surface area contributed by atoms with Crippen molar-refractivity contribution >= 4 is 0 Å². The van der Waals surface area contributed by atoms with Gasteiger partial charge in [-0.3, -0.25) is 9.36 Å². The Kier molecular flexibility index (Phi) is 3.47. The van der Waals surface area contributed by atoms with Crippen LogP contribution in [-0.4, -0.2) is 29.1 Å². The summed E-state index contributed by atoms with van der Waals surface area (Å²) in [7, 11) is 0. The van der Waals surface area contributed by atoms with E-state index in [0.717, 1.165) is 19.6 Å². The Morgan fingerprint density at radius 2 is 2.27 bits per heavy atom. The molecule has 2 heterocycles. The van der Waals surface area contributed by atoms with Crippen molar-refractivity contribution < 1.29 is 9.47 Å². The van der Waals surface area contributed by atoms with E-state index in [1.807, 2.05) is 0 Å². The normalized spacial score (nSPS) is 17.9. The summed E-state index contributed by atoms with van der Waals surface area (Å²) >= 11 is 0. The van der Waals surface area contributed by atoms with Crippen molar-refractivity contribution in [1.29, 1.82) is 0 Å². The predicted molar refractivity (Wildman–Crippen MR) is 53.4 cm³/mol. The molecule has 1 aliphatic rings. The van der Waals surface area contributed by atoms with Gasteiger partial charge in [0, 0.05) is 25.2 Å². The van der Waals surface area contributed by atoms with Gasteiger partial charge in [-0.15, -0.1) is 0 Å². The van der Waals surface area contributed by atoms with Gasteiger partial charge in [-0.2, -0.15) is 0 Å². The van der Waals surface area contributed by atoms with Gasteiger partial charge in [0.2, 0.25) is 0 Å². The maximum atomic E-state index is 11.3. The lowest BCUT2D eigenvalue weighted by atomic mass is 10.3. The molecule has 0 N–H and O–H groups in total. The summed E-state index contributed by atoms with van der Waals surface area (Å²) in [6.45, 7) is 2.07. The second-order valence-electron chi connectivity index (χ2n) is 3.43. The second-order valence-corrected chi connectivity index (χ2v) is 3.43. The topological polar surface area (TPSA) is 53.4 Å². The Bertz CT molecular complexity index is 358. The van der Waals surface area contributed by atoms with Crippen LogP contribution in [0.2, 0.25) is 0 Å². The van der Waals surface area contributed by atoms with Crippen LogP contribution >= 0.6 is 0 Å². The molecule has 0 atom stereocenters. The fourth-order valence-corrected chi connectivity index (χ4v) is 1.49. The molecular formula is C10H14N2O3. The first-order valence-corrected chi connectivity index (χ1v) is 5.10. The molecule has 15 heavy (non-hydrogen) atoms. The Hall–Kier alpha value is -1.20. The highest BCUT2D eigenvalue weighted by molar-refractivity contribution is 4.81. The van der Waals surface area contributed by atoms with Crippen molar-refractivity contribution in [2.24, 2.45) is 0 Å². The van der Waals surface area contributed by atoms with Crippen LogP contribution in [-0.2, 0) is 16.0 Å². The Morgan fingerprint density at radius 1 is 1.47 bits per heavy atom. The number of ether oxygens (including phenoxy) is 2. The van der Waals surface area contributed by atoms with Crippen molar-refractivity contribution in [2.45, 2.75) is 25.7 Å². The van der Waals surface area contributed by atoms with Crippen LogP contribution < -0.4 is 5.56 Å². The molecule has 0 saturated carbocycles. The standard InChI is InChI=1S/C10H14N2O3/c13-9-2-4-11-8-12(9)5-3-10-14-6-1-7-15-10/h2,4,8,10H,1,3,5-7H2. The molecule has 1 aromatic rings. The zero-order valence-electron chi connectivity index (χ0n) is 8.46. The van der Waals surface area contributed by atoms with Crippen molar-refractivity contribution in [1.82, 2.24) is 9.55 Å². The van der Waals surface area contributed by atoms with Gasteiger partial charge in [-0.05, 0) is 6.42 Å². The number of nitrogens with zero attached hydrogens (tertiary/aromatic N) is 2. The Balaban J connectivity index is 1.87. The van der Waals surface area contributed by atoms with Gasteiger partial charge in [0.1, 0.15) is 0 Å². The van der Waals surface area contributed by atoms with Crippen LogP contribution in [0.5, 0.6) is 0 Å². The largest absolute Gasteiger partial charge is 0.353 e. The third kappa shape index (κ3) is 2.87. The van der Waals surface area contributed by atoms with Crippen LogP contribution in [0.4, 0.5) is 0 Å². The molecule has 82 valence electrons. The van der Waals surface area contributed by atoms with E-state index in [-0.39, 0.29) is 11.8 Å². The second kappa shape index (κ2) is 5.04. The van der Waals surface area contributed by atoms with Crippen molar-refractivity contribution in [2.75, 3.05) is 13.2 Å². The molecule has 0 radical (unpaired) electrons. The third-order valence-corrected chi connectivity index (χ3v) is 2.29. The minimum Gasteiger partial charge on any atom is -0.353 e. The summed E-state index contributed by atoms with van der Waals surface area (Å²) in [6, 6.07) is 1.45. The van der Waals surface area contributed by atoms with Gasteiger partial charge in [0.05, 0.1) is 19.5 Å². The van der Waals surface area contributed by atoms with Gasteiger partial charge < -0.3 is 9.47 Å². The summed E-state index contributed by atoms with van der Waals surface area (Å²) in [6.07, 6.45) is 4.48. The lowest BCUT2D eigenvalue weighted by Gasteiger charge is -2.23. The van der Waals surface area contributed by atoms with Crippen molar-refractivity contribution in [3.8, 4) is 0 Å². The summed E-state index contributed by atoms with van der Waals surface area (Å²) in [5, 5.41) is 0. The minimum atomic E-state index is -0.175. The predicted octanol–water partition coefficient (Wildman–Crippen LogP) is 0.396. The van der Waals surface area contributed by atoms with Crippen LogP contribution in [0.15, 0.2) is 23.4 Å².